The third-order valence-corrected chi connectivity index (χ3v) is 4.29. The summed E-state index contributed by atoms with van der Waals surface area (Å²) in [5.74, 6) is 0. The SMILES string of the molecule is Cc1ccc(CNC2COCc3ccccc32)s1. The number of aryl methyl sites for hydroxylation is 1. The lowest BCUT2D eigenvalue weighted by Gasteiger charge is -2.26. The predicted molar refractivity (Wildman–Crippen MR) is 74.7 cm³/mol. The maximum atomic E-state index is 5.64. The van der Waals surface area contributed by atoms with Crippen LogP contribution in [-0.2, 0) is 17.9 Å². The lowest BCUT2D eigenvalue weighted by Crippen LogP contribution is -2.29. The number of rotatable bonds is 3. The fourth-order valence-corrected chi connectivity index (χ4v) is 3.20. The van der Waals surface area contributed by atoms with Crippen LogP contribution in [-0.4, -0.2) is 6.61 Å². The molecule has 2 heterocycles. The normalized spacial score (nSPS) is 18.6. The van der Waals surface area contributed by atoms with Gasteiger partial charge in [-0.1, -0.05) is 24.3 Å². The summed E-state index contributed by atoms with van der Waals surface area (Å²) < 4.78 is 5.64. The number of hydrogen-bond acceptors (Lipinski definition) is 3. The monoisotopic (exact) mass is 259 g/mol. The van der Waals surface area contributed by atoms with Crippen LogP contribution in [0.3, 0.4) is 0 Å². The predicted octanol–water partition coefficient (Wildman–Crippen LogP) is 3.42. The number of benzene rings is 1. The van der Waals surface area contributed by atoms with Crippen molar-refractivity contribution in [2.75, 3.05) is 6.61 Å². The van der Waals surface area contributed by atoms with Gasteiger partial charge in [-0.25, -0.2) is 0 Å². The third-order valence-electron chi connectivity index (χ3n) is 3.29. The largest absolute Gasteiger partial charge is 0.375 e. The van der Waals surface area contributed by atoms with Gasteiger partial charge in [-0.3, -0.25) is 0 Å². The van der Waals surface area contributed by atoms with Crippen LogP contribution in [0.15, 0.2) is 36.4 Å². The van der Waals surface area contributed by atoms with Crippen LogP contribution >= 0.6 is 11.3 Å². The summed E-state index contributed by atoms with van der Waals surface area (Å²) in [4.78, 5) is 2.75. The molecule has 0 aliphatic carbocycles. The molecule has 1 aliphatic heterocycles. The van der Waals surface area contributed by atoms with E-state index in [1.54, 1.807) is 0 Å². The minimum Gasteiger partial charge on any atom is -0.375 e. The molecule has 94 valence electrons. The van der Waals surface area contributed by atoms with Crippen LogP contribution in [0.5, 0.6) is 0 Å². The van der Waals surface area contributed by atoms with Crippen LogP contribution in [0.25, 0.3) is 0 Å². The van der Waals surface area contributed by atoms with Crippen molar-refractivity contribution in [2.45, 2.75) is 26.1 Å². The highest BCUT2D eigenvalue weighted by Gasteiger charge is 2.19. The Morgan fingerprint density at radius 1 is 1.28 bits per heavy atom. The van der Waals surface area contributed by atoms with E-state index in [1.807, 2.05) is 11.3 Å². The molecule has 3 rings (SSSR count). The van der Waals surface area contributed by atoms with Crippen LogP contribution in [0.4, 0.5) is 0 Å². The van der Waals surface area contributed by atoms with Crippen molar-refractivity contribution in [3.8, 4) is 0 Å². The van der Waals surface area contributed by atoms with Gasteiger partial charge in [0, 0.05) is 16.3 Å². The van der Waals surface area contributed by atoms with Gasteiger partial charge in [0.05, 0.1) is 19.3 Å². The summed E-state index contributed by atoms with van der Waals surface area (Å²) in [5, 5.41) is 3.59. The zero-order chi connectivity index (χ0) is 12.4. The maximum Gasteiger partial charge on any atom is 0.0721 e. The molecule has 3 heteroatoms. The summed E-state index contributed by atoms with van der Waals surface area (Å²) in [6, 6.07) is 13.2. The van der Waals surface area contributed by atoms with Crippen molar-refractivity contribution >= 4 is 11.3 Å². The second kappa shape index (κ2) is 5.22. The van der Waals surface area contributed by atoms with Gasteiger partial charge in [-0.15, -0.1) is 11.3 Å². The van der Waals surface area contributed by atoms with Crippen molar-refractivity contribution in [2.24, 2.45) is 0 Å². The second-order valence-corrected chi connectivity index (χ2v) is 6.03. The van der Waals surface area contributed by atoms with E-state index in [0.29, 0.717) is 6.04 Å². The van der Waals surface area contributed by atoms with Crippen LogP contribution < -0.4 is 5.32 Å². The van der Waals surface area contributed by atoms with Gasteiger partial charge in [-0.05, 0) is 30.2 Å². The lowest BCUT2D eigenvalue weighted by atomic mass is 9.99. The molecule has 2 nitrogen and oxygen atoms in total. The maximum absolute atomic E-state index is 5.64. The minimum absolute atomic E-state index is 0.317. The quantitative estimate of drug-likeness (QED) is 0.912. The highest BCUT2D eigenvalue weighted by molar-refractivity contribution is 7.11. The highest BCUT2D eigenvalue weighted by Crippen LogP contribution is 2.25. The fourth-order valence-electron chi connectivity index (χ4n) is 2.35. The fraction of sp³-hybridized carbons (Fsp3) is 0.333. The van der Waals surface area contributed by atoms with Crippen molar-refractivity contribution < 1.29 is 4.74 Å². The molecule has 1 aromatic carbocycles. The smallest absolute Gasteiger partial charge is 0.0721 e. The first-order valence-corrected chi connectivity index (χ1v) is 7.09. The van der Waals surface area contributed by atoms with Gasteiger partial charge in [-0.2, -0.15) is 0 Å². The van der Waals surface area contributed by atoms with Gasteiger partial charge in [0.15, 0.2) is 0 Å². The molecule has 1 unspecified atom stereocenters. The number of fused-ring (bicyclic) bond motifs is 1. The first-order chi connectivity index (χ1) is 8.83. The molecular formula is C15H17NOS. The Labute approximate surface area is 112 Å². The molecule has 0 spiro atoms. The number of thiophene rings is 1. The molecule has 0 saturated carbocycles. The number of hydrogen-bond donors (Lipinski definition) is 1. The average Bonchev–Trinajstić information content (AvgIpc) is 2.82. The van der Waals surface area contributed by atoms with Gasteiger partial charge in [0.2, 0.25) is 0 Å². The van der Waals surface area contributed by atoms with E-state index in [1.165, 1.54) is 20.9 Å². The molecule has 1 aliphatic rings. The average molecular weight is 259 g/mol. The van der Waals surface area contributed by atoms with Crippen LogP contribution in [0.2, 0.25) is 0 Å². The molecule has 0 saturated heterocycles. The molecule has 18 heavy (non-hydrogen) atoms. The minimum atomic E-state index is 0.317. The van der Waals surface area contributed by atoms with Gasteiger partial charge in [0.25, 0.3) is 0 Å². The van der Waals surface area contributed by atoms with E-state index in [0.717, 1.165) is 19.8 Å². The summed E-state index contributed by atoms with van der Waals surface area (Å²) in [6.45, 7) is 4.57. The van der Waals surface area contributed by atoms with Crippen LogP contribution in [0.1, 0.15) is 26.9 Å². The van der Waals surface area contributed by atoms with E-state index >= 15 is 0 Å². The topological polar surface area (TPSA) is 21.3 Å². The zero-order valence-corrected chi connectivity index (χ0v) is 11.3. The molecular weight excluding hydrogens is 242 g/mol. The van der Waals surface area contributed by atoms with E-state index < -0.39 is 0 Å². The Balaban J connectivity index is 1.71. The molecule has 0 radical (unpaired) electrons. The van der Waals surface area contributed by atoms with Gasteiger partial charge < -0.3 is 10.1 Å². The highest BCUT2D eigenvalue weighted by atomic mass is 32.1. The first kappa shape index (κ1) is 11.9. The standard InChI is InChI=1S/C15H17NOS/c1-11-6-7-13(18-11)8-16-15-10-17-9-12-4-2-3-5-14(12)15/h2-7,15-16H,8-10H2,1H3. The van der Waals surface area contributed by atoms with Crippen molar-refractivity contribution in [3.05, 3.63) is 57.3 Å². The Bertz CT molecular complexity index is 535. The summed E-state index contributed by atoms with van der Waals surface area (Å²) in [7, 11) is 0. The first-order valence-electron chi connectivity index (χ1n) is 6.27. The molecule has 1 atom stereocenters. The molecule has 0 bridgehead atoms. The second-order valence-electron chi connectivity index (χ2n) is 4.66. The lowest BCUT2D eigenvalue weighted by molar-refractivity contribution is 0.0817. The number of nitrogens with one attached hydrogen (secondary N) is 1. The van der Waals surface area contributed by atoms with E-state index in [-0.39, 0.29) is 0 Å². The summed E-state index contributed by atoms with van der Waals surface area (Å²) in [5.41, 5.74) is 2.70. The third kappa shape index (κ3) is 2.48. The molecule has 0 fully saturated rings. The van der Waals surface area contributed by atoms with Crippen molar-refractivity contribution in [1.82, 2.24) is 5.32 Å². The summed E-state index contributed by atoms with van der Waals surface area (Å²) in [6.07, 6.45) is 0. The Kier molecular flexibility index (Phi) is 3.46. The Morgan fingerprint density at radius 3 is 3.00 bits per heavy atom. The van der Waals surface area contributed by atoms with Gasteiger partial charge in [0.1, 0.15) is 0 Å². The molecule has 2 aromatic rings. The van der Waals surface area contributed by atoms with E-state index in [2.05, 4.69) is 48.6 Å². The molecule has 1 aromatic heterocycles. The van der Waals surface area contributed by atoms with E-state index in [9.17, 15) is 0 Å². The van der Waals surface area contributed by atoms with Crippen molar-refractivity contribution in [3.63, 3.8) is 0 Å². The molecule has 0 amide bonds. The van der Waals surface area contributed by atoms with Crippen molar-refractivity contribution in [1.29, 1.82) is 0 Å². The zero-order valence-electron chi connectivity index (χ0n) is 10.5. The Morgan fingerprint density at radius 2 is 2.17 bits per heavy atom. The van der Waals surface area contributed by atoms with E-state index in [4.69, 9.17) is 4.74 Å². The number of ether oxygens (including phenoxy) is 1. The van der Waals surface area contributed by atoms with Gasteiger partial charge >= 0.3 is 0 Å². The molecule has 1 N–H and O–H groups in total. The van der Waals surface area contributed by atoms with Crippen LogP contribution in [0, 0.1) is 6.92 Å². The summed E-state index contributed by atoms with van der Waals surface area (Å²) >= 11 is 1.85. The Hall–Kier alpha value is -1.16.